The molecule has 25 heavy (non-hydrogen) atoms. The monoisotopic (exact) mass is 350 g/mol. The number of thiophene rings is 1. The SMILES string of the molecule is CC(C)N(c1ccccc1)c1ccc(NC(=O)Cc2cccs2)cc1. The molecule has 3 aromatic rings. The van der Waals surface area contributed by atoms with Gasteiger partial charge in [0, 0.05) is 28.0 Å². The molecule has 0 atom stereocenters. The van der Waals surface area contributed by atoms with Crippen molar-refractivity contribution < 1.29 is 4.79 Å². The second kappa shape index (κ2) is 7.99. The molecule has 0 saturated carbocycles. The summed E-state index contributed by atoms with van der Waals surface area (Å²) in [5.74, 6) is 0.0129. The Morgan fingerprint density at radius 3 is 2.24 bits per heavy atom. The molecule has 1 heterocycles. The summed E-state index contributed by atoms with van der Waals surface area (Å²) in [6.07, 6.45) is 0.418. The maximum absolute atomic E-state index is 12.1. The predicted octanol–water partition coefficient (Wildman–Crippen LogP) is 5.48. The molecule has 0 fully saturated rings. The van der Waals surface area contributed by atoms with Crippen LogP contribution in [0.2, 0.25) is 0 Å². The molecule has 0 bridgehead atoms. The first-order chi connectivity index (χ1) is 12.1. The molecule has 0 aliphatic heterocycles. The van der Waals surface area contributed by atoms with Gasteiger partial charge >= 0.3 is 0 Å². The highest BCUT2D eigenvalue weighted by atomic mass is 32.1. The molecule has 3 rings (SSSR count). The van der Waals surface area contributed by atoms with Gasteiger partial charge in [-0.05, 0) is 61.7 Å². The van der Waals surface area contributed by atoms with Crippen LogP contribution in [0.3, 0.4) is 0 Å². The minimum atomic E-state index is 0.0129. The molecule has 1 amide bonds. The molecule has 1 aromatic heterocycles. The Labute approximate surface area is 152 Å². The normalized spacial score (nSPS) is 10.7. The highest BCUT2D eigenvalue weighted by Crippen LogP contribution is 2.28. The third-order valence-corrected chi connectivity index (χ3v) is 4.77. The van der Waals surface area contributed by atoms with Gasteiger partial charge in [-0.3, -0.25) is 4.79 Å². The largest absolute Gasteiger partial charge is 0.339 e. The van der Waals surface area contributed by atoms with E-state index in [4.69, 9.17) is 0 Å². The van der Waals surface area contributed by atoms with E-state index in [-0.39, 0.29) is 5.91 Å². The summed E-state index contributed by atoms with van der Waals surface area (Å²) in [6.45, 7) is 4.34. The number of benzene rings is 2. The van der Waals surface area contributed by atoms with Crippen molar-refractivity contribution in [3.63, 3.8) is 0 Å². The van der Waals surface area contributed by atoms with E-state index in [1.807, 2.05) is 60.0 Å². The lowest BCUT2D eigenvalue weighted by Crippen LogP contribution is -2.25. The number of amides is 1. The van der Waals surface area contributed by atoms with Gasteiger partial charge < -0.3 is 10.2 Å². The molecule has 0 unspecified atom stereocenters. The lowest BCUT2D eigenvalue weighted by molar-refractivity contribution is -0.115. The lowest BCUT2D eigenvalue weighted by Gasteiger charge is -2.29. The molecular weight excluding hydrogens is 328 g/mol. The molecule has 0 aliphatic carbocycles. The Balaban J connectivity index is 1.71. The van der Waals surface area contributed by atoms with Crippen molar-refractivity contribution in [3.05, 3.63) is 77.0 Å². The third-order valence-electron chi connectivity index (χ3n) is 3.89. The molecule has 0 saturated heterocycles. The van der Waals surface area contributed by atoms with Gasteiger partial charge in [-0.2, -0.15) is 0 Å². The van der Waals surface area contributed by atoms with Gasteiger partial charge in [0.25, 0.3) is 0 Å². The van der Waals surface area contributed by atoms with E-state index in [1.165, 1.54) is 0 Å². The zero-order chi connectivity index (χ0) is 17.6. The zero-order valence-corrected chi connectivity index (χ0v) is 15.3. The molecule has 4 heteroatoms. The number of rotatable bonds is 6. The van der Waals surface area contributed by atoms with E-state index < -0.39 is 0 Å². The molecule has 0 radical (unpaired) electrons. The van der Waals surface area contributed by atoms with Crippen LogP contribution < -0.4 is 10.2 Å². The Morgan fingerprint density at radius 2 is 1.64 bits per heavy atom. The van der Waals surface area contributed by atoms with Gasteiger partial charge in [0.15, 0.2) is 0 Å². The fourth-order valence-corrected chi connectivity index (χ4v) is 3.52. The molecule has 0 aliphatic rings. The van der Waals surface area contributed by atoms with Gasteiger partial charge in [0.1, 0.15) is 0 Å². The second-order valence-corrected chi connectivity index (χ2v) is 7.18. The fourth-order valence-electron chi connectivity index (χ4n) is 2.82. The molecule has 0 spiro atoms. The molecule has 2 aromatic carbocycles. The third kappa shape index (κ3) is 4.48. The van der Waals surface area contributed by atoms with E-state index in [2.05, 4.69) is 36.2 Å². The summed E-state index contributed by atoms with van der Waals surface area (Å²) < 4.78 is 0. The summed E-state index contributed by atoms with van der Waals surface area (Å²) in [6, 6.07) is 22.6. The highest BCUT2D eigenvalue weighted by molar-refractivity contribution is 7.10. The van der Waals surface area contributed by atoms with Crippen LogP contribution in [0.15, 0.2) is 72.1 Å². The van der Waals surface area contributed by atoms with Crippen molar-refractivity contribution in [2.45, 2.75) is 26.3 Å². The molecule has 128 valence electrons. The first kappa shape index (κ1) is 17.2. The van der Waals surface area contributed by atoms with Crippen LogP contribution in [0.1, 0.15) is 18.7 Å². The predicted molar refractivity (Wildman–Crippen MR) is 107 cm³/mol. The summed E-state index contributed by atoms with van der Waals surface area (Å²) in [5.41, 5.74) is 3.09. The van der Waals surface area contributed by atoms with Gasteiger partial charge in [0.2, 0.25) is 5.91 Å². The molecule has 3 nitrogen and oxygen atoms in total. The van der Waals surface area contributed by atoms with Crippen LogP contribution in [0.5, 0.6) is 0 Å². The summed E-state index contributed by atoms with van der Waals surface area (Å²) in [7, 11) is 0. The van der Waals surface area contributed by atoms with Gasteiger partial charge in [-0.25, -0.2) is 0 Å². The van der Waals surface area contributed by atoms with Crippen molar-refractivity contribution in [1.82, 2.24) is 0 Å². The Morgan fingerprint density at radius 1 is 0.960 bits per heavy atom. The lowest BCUT2D eigenvalue weighted by atomic mass is 10.1. The minimum Gasteiger partial charge on any atom is -0.339 e. The first-order valence-electron chi connectivity index (χ1n) is 8.40. The number of nitrogens with zero attached hydrogens (tertiary/aromatic N) is 1. The van der Waals surface area contributed by atoms with Crippen LogP contribution in [0.25, 0.3) is 0 Å². The smallest absolute Gasteiger partial charge is 0.229 e. The van der Waals surface area contributed by atoms with Gasteiger partial charge in [-0.1, -0.05) is 24.3 Å². The van der Waals surface area contributed by atoms with Crippen molar-refractivity contribution in [2.24, 2.45) is 0 Å². The number of carbonyl (C=O) groups is 1. The number of hydrogen-bond acceptors (Lipinski definition) is 3. The zero-order valence-electron chi connectivity index (χ0n) is 14.5. The number of carbonyl (C=O) groups excluding carboxylic acids is 1. The standard InChI is InChI=1S/C21H22N2OS/c1-16(2)23(18-7-4-3-5-8-18)19-12-10-17(11-13-19)22-21(24)15-20-9-6-14-25-20/h3-14,16H,15H2,1-2H3,(H,22,24). The second-order valence-electron chi connectivity index (χ2n) is 6.15. The van der Waals surface area contributed by atoms with E-state index >= 15 is 0 Å². The van der Waals surface area contributed by atoms with Crippen LogP contribution >= 0.6 is 11.3 Å². The van der Waals surface area contributed by atoms with Crippen LogP contribution in [0, 0.1) is 0 Å². The first-order valence-corrected chi connectivity index (χ1v) is 9.28. The van der Waals surface area contributed by atoms with Crippen LogP contribution in [-0.2, 0) is 11.2 Å². The van der Waals surface area contributed by atoms with E-state index in [0.717, 1.165) is 21.9 Å². The van der Waals surface area contributed by atoms with Crippen molar-refractivity contribution >= 4 is 34.3 Å². The van der Waals surface area contributed by atoms with Crippen LogP contribution in [0.4, 0.5) is 17.1 Å². The van der Waals surface area contributed by atoms with Crippen molar-refractivity contribution in [2.75, 3.05) is 10.2 Å². The number of nitrogens with one attached hydrogen (secondary N) is 1. The van der Waals surface area contributed by atoms with E-state index in [1.54, 1.807) is 11.3 Å². The summed E-state index contributed by atoms with van der Waals surface area (Å²) in [4.78, 5) is 15.5. The van der Waals surface area contributed by atoms with Gasteiger partial charge in [-0.15, -0.1) is 11.3 Å². The summed E-state index contributed by atoms with van der Waals surface area (Å²) in [5, 5.41) is 4.95. The van der Waals surface area contributed by atoms with E-state index in [0.29, 0.717) is 12.5 Å². The number of para-hydroxylation sites is 1. The average molecular weight is 350 g/mol. The average Bonchev–Trinajstić information content (AvgIpc) is 3.10. The minimum absolute atomic E-state index is 0.0129. The maximum Gasteiger partial charge on any atom is 0.229 e. The summed E-state index contributed by atoms with van der Waals surface area (Å²) >= 11 is 1.60. The number of anilines is 3. The fraction of sp³-hybridized carbons (Fsp3) is 0.190. The Kier molecular flexibility index (Phi) is 5.51. The molecule has 1 N–H and O–H groups in total. The van der Waals surface area contributed by atoms with Crippen molar-refractivity contribution in [1.29, 1.82) is 0 Å². The quantitative estimate of drug-likeness (QED) is 0.639. The van der Waals surface area contributed by atoms with Gasteiger partial charge in [0.05, 0.1) is 6.42 Å². The topological polar surface area (TPSA) is 32.3 Å². The Hall–Kier alpha value is -2.59. The van der Waals surface area contributed by atoms with E-state index in [9.17, 15) is 4.79 Å². The highest BCUT2D eigenvalue weighted by Gasteiger charge is 2.13. The van der Waals surface area contributed by atoms with Crippen molar-refractivity contribution in [3.8, 4) is 0 Å². The maximum atomic E-state index is 12.1. The van der Waals surface area contributed by atoms with Crippen LogP contribution in [-0.4, -0.2) is 11.9 Å². The number of hydrogen-bond donors (Lipinski definition) is 1. The molecular formula is C21H22N2OS. The Bertz CT molecular complexity index is 796.